The van der Waals surface area contributed by atoms with Gasteiger partial charge in [0.15, 0.2) is 0 Å². The van der Waals surface area contributed by atoms with E-state index in [9.17, 15) is 0 Å². The molecule has 0 saturated carbocycles. The highest BCUT2D eigenvalue weighted by atomic mass is 16.5. The van der Waals surface area contributed by atoms with Gasteiger partial charge >= 0.3 is 0 Å². The zero-order valence-electron chi connectivity index (χ0n) is 9.60. The second-order valence-electron chi connectivity index (χ2n) is 3.92. The maximum atomic E-state index is 5.47. The Morgan fingerprint density at radius 3 is 2.46 bits per heavy atom. The average Bonchev–Trinajstić information content (AvgIpc) is 2.08. The fraction of sp³-hybridized carbons (Fsp3) is 1.00. The van der Waals surface area contributed by atoms with Gasteiger partial charge in [-0.3, -0.25) is 0 Å². The number of ether oxygens (including phenoxy) is 1. The Balaban J connectivity index is 3.12. The predicted molar refractivity (Wildman–Crippen MR) is 58.1 cm³/mol. The fourth-order valence-corrected chi connectivity index (χ4v) is 1.20. The van der Waals surface area contributed by atoms with Crippen LogP contribution in [-0.2, 0) is 4.74 Å². The molecule has 0 amide bonds. The molecule has 0 aromatic carbocycles. The maximum absolute atomic E-state index is 5.47. The molecule has 1 atom stereocenters. The second kappa shape index (κ2) is 8.52. The second-order valence-corrected chi connectivity index (χ2v) is 3.92. The van der Waals surface area contributed by atoms with Crippen LogP contribution in [0.3, 0.4) is 0 Å². The topological polar surface area (TPSA) is 21.3 Å². The third kappa shape index (κ3) is 9.84. The van der Waals surface area contributed by atoms with Gasteiger partial charge in [0.25, 0.3) is 0 Å². The number of nitrogens with one attached hydrogen (secondary N) is 1. The van der Waals surface area contributed by atoms with Gasteiger partial charge in [-0.25, -0.2) is 0 Å². The van der Waals surface area contributed by atoms with E-state index in [4.69, 9.17) is 4.74 Å². The maximum Gasteiger partial charge on any atom is 0.0518 e. The molecule has 0 bridgehead atoms. The Morgan fingerprint density at radius 2 is 1.92 bits per heavy atom. The third-order valence-corrected chi connectivity index (χ3v) is 1.98. The lowest BCUT2D eigenvalue weighted by Gasteiger charge is -2.13. The van der Waals surface area contributed by atoms with Crippen LogP contribution in [0.1, 0.15) is 47.0 Å². The first kappa shape index (κ1) is 12.9. The minimum absolute atomic E-state index is 0.374. The first-order chi connectivity index (χ1) is 6.16. The van der Waals surface area contributed by atoms with E-state index in [1.165, 1.54) is 12.8 Å². The molecule has 0 aliphatic rings. The van der Waals surface area contributed by atoms with Crippen LogP contribution in [-0.4, -0.2) is 25.3 Å². The normalized spacial score (nSPS) is 13.6. The van der Waals surface area contributed by atoms with Crippen molar-refractivity contribution >= 4 is 0 Å². The molecule has 0 rings (SSSR count). The van der Waals surface area contributed by atoms with Gasteiger partial charge in [0.05, 0.1) is 6.10 Å². The average molecular weight is 187 g/mol. The number of hydrogen-bond acceptors (Lipinski definition) is 2. The standard InChI is InChI=1S/C11H25NO/c1-5-8-12-11(4)7-6-9-13-10(2)3/h10-12H,5-9H2,1-4H3. The molecule has 0 aromatic rings. The molecule has 0 aromatic heterocycles. The van der Waals surface area contributed by atoms with E-state index in [1.807, 2.05) is 0 Å². The van der Waals surface area contributed by atoms with Gasteiger partial charge in [-0.2, -0.15) is 0 Å². The Hall–Kier alpha value is -0.0800. The molecule has 0 aliphatic heterocycles. The molecule has 0 heterocycles. The fourth-order valence-electron chi connectivity index (χ4n) is 1.20. The Kier molecular flexibility index (Phi) is 8.46. The molecule has 0 fully saturated rings. The van der Waals surface area contributed by atoms with Crippen molar-refractivity contribution in [2.45, 2.75) is 59.1 Å². The van der Waals surface area contributed by atoms with Gasteiger partial charge in [-0.15, -0.1) is 0 Å². The summed E-state index contributed by atoms with van der Waals surface area (Å²) in [6, 6.07) is 0.635. The largest absolute Gasteiger partial charge is 0.379 e. The Labute approximate surface area is 83.1 Å². The lowest BCUT2D eigenvalue weighted by molar-refractivity contribution is 0.0747. The SMILES string of the molecule is CCCNC(C)CCCOC(C)C. The van der Waals surface area contributed by atoms with Crippen LogP contribution >= 0.6 is 0 Å². The van der Waals surface area contributed by atoms with E-state index in [-0.39, 0.29) is 0 Å². The summed E-state index contributed by atoms with van der Waals surface area (Å²) in [7, 11) is 0. The highest BCUT2D eigenvalue weighted by Gasteiger charge is 2.00. The minimum Gasteiger partial charge on any atom is -0.379 e. The van der Waals surface area contributed by atoms with Gasteiger partial charge in [0, 0.05) is 12.6 Å². The minimum atomic E-state index is 0.374. The Morgan fingerprint density at radius 1 is 1.23 bits per heavy atom. The van der Waals surface area contributed by atoms with E-state index in [0.717, 1.165) is 19.6 Å². The van der Waals surface area contributed by atoms with Crippen molar-refractivity contribution < 1.29 is 4.74 Å². The summed E-state index contributed by atoms with van der Waals surface area (Å²) in [4.78, 5) is 0. The van der Waals surface area contributed by atoms with Crippen LogP contribution in [0.4, 0.5) is 0 Å². The molecular formula is C11H25NO. The van der Waals surface area contributed by atoms with E-state index in [0.29, 0.717) is 12.1 Å². The molecule has 0 saturated heterocycles. The highest BCUT2D eigenvalue weighted by molar-refractivity contribution is 4.59. The van der Waals surface area contributed by atoms with Crippen molar-refractivity contribution in [3.05, 3.63) is 0 Å². The molecule has 0 aliphatic carbocycles. The summed E-state index contributed by atoms with van der Waals surface area (Å²) in [6.45, 7) is 10.6. The first-order valence-electron chi connectivity index (χ1n) is 5.51. The molecule has 1 N–H and O–H groups in total. The molecule has 2 heteroatoms. The smallest absolute Gasteiger partial charge is 0.0518 e. The lowest BCUT2D eigenvalue weighted by Crippen LogP contribution is -2.26. The monoisotopic (exact) mass is 187 g/mol. The summed E-state index contributed by atoms with van der Waals surface area (Å²) in [5.41, 5.74) is 0. The quantitative estimate of drug-likeness (QED) is 0.590. The summed E-state index contributed by atoms with van der Waals surface area (Å²) in [5, 5.41) is 3.46. The van der Waals surface area contributed by atoms with Crippen molar-refractivity contribution in [1.29, 1.82) is 0 Å². The van der Waals surface area contributed by atoms with Crippen LogP contribution in [0.15, 0.2) is 0 Å². The summed E-state index contributed by atoms with van der Waals surface area (Å²) in [5.74, 6) is 0. The molecular weight excluding hydrogens is 162 g/mol. The molecule has 0 radical (unpaired) electrons. The van der Waals surface area contributed by atoms with Crippen molar-refractivity contribution in [2.24, 2.45) is 0 Å². The molecule has 2 nitrogen and oxygen atoms in total. The van der Waals surface area contributed by atoms with Gasteiger partial charge in [0.2, 0.25) is 0 Å². The molecule has 13 heavy (non-hydrogen) atoms. The van der Waals surface area contributed by atoms with Crippen LogP contribution in [0.2, 0.25) is 0 Å². The van der Waals surface area contributed by atoms with Crippen LogP contribution in [0.25, 0.3) is 0 Å². The lowest BCUT2D eigenvalue weighted by atomic mass is 10.2. The van der Waals surface area contributed by atoms with Gasteiger partial charge < -0.3 is 10.1 Å². The van der Waals surface area contributed by atoms with Crippen LogP contribution in [0, 0.1) is 0 Å². The summed E-state index contributed by atoms with van der Waals surface area (Å²) in [6.07, 6.45) is 3.97. The third-order valence-electron chi connectivity index (χ3n) is 1.98. The van der Waals surface area contributed by atoms with Crippen LogP contribution in [0.5, 0.6) is 0 Å². The van der Waals surface area contributed by atoms with E-state index < -0.39 is 0 Å². The highest BCUT2D eigenvalue weighted by Crippen LogP contribution is 1.98. The molecule has 80 valence electrons. The zero-order chi connectivity index (χ0) is 10.1. The number of rotatable bonds is 8. The van der Waals surface area contributed by atoms with Crippen LogP contribution < -0.4 is 5.32 Å². The van der Waals surface area contributed by atoms with Crippen molar-refractivity contribution in [2.75, 3.05) is 13.2 Å². The van der Waals surface area contributed by atoms with E-state index in [2.05, 4.69) is 33.0 Å². The molecule has 1 unspecified atom stereocenters. The summed E-state index contributed by atoms with van der Waals surface area (Å²) < 4.78 is 5.47. The molecule has 0 spiro atoms. The summed E-state index contributed by atoms with van der Waals surface area (Å²) >= 11 is 0. The van der Waals surface area contributed by atoms with E-state index in [1.54, 1.807) is 0 Å². The Bertz CT molecular complexity index is 104. The van der Waals surface area contributed by atoms with E-state index >= 15 is 0 Å². The van der Waals surface area contributed by atoms with Crippen molar-refractivity contribution in [3.8, 4) is 0 Å². The van der Waals surface area contributed by atoms with Gasteiger partial charge in [-0.05, 0) is 46.6 Å². The van der Waals surface area contributed by atoms with Gasteiger partial charge in [0.1, 0.15) is 0 Å². The predicted octanol–water partition coefficient (Wildman–Crippen LogP) is 2.58. The zero-order valence-corrected chi connectivity index (χ0v) is 9.60. The van der Waals surface area contributed by atoms with Crippen molar-refractivity contribution in [3.63, 3.8) is 0 Å². The van der Waals surface area contributed by atoms with Crippen molar-refractivity contribution in [1.82, 2.24) is 5.32 Å². The first-order valence-corrected chi connectivity index (χ1v) is 5.51. The number of hydrogen-bond donors (Lipinski definition) is 1. The van der Waals surface area contributed by atoms with Gasteiger partial charge in [-0.1, -0.05) is 6.92 Å².